The topological polar surface area (TPSA) is 114 Å². The van der Waals surface area contributed by atoms with Gasteiger partial charge in [-0.25, -0.2) is 17.8 Å². The molecule has 190 valence electrons. The Morgan fingerprint density at radius 1 is 1.19 bits per heavy atom. The standard InChI is InChI=1S/C24H25ClFN5O4S/c1-36(33,34)11-8-27-6-5-24(32)30-23-13-17(4-7-28-23)31-9-10-35-22-15-29-20(14-21(22)31)18-12-16(25)2-3-19(18)26/h2-4,7,12-15,27H,5-6,8-11H2,1H3,(H,28,30,32). The van der Waals surface area contributed by atoms with Crippen LogP contribution in [0.5, 0.6) is 5.75 Å². The molecule has 0 saturated heterocycles. The smallest absolute Gasteiger partial charge is 0.226 e. The molecule has 0 aliphatic carbocycles. The molecule has 12 heteroatoms. The van der Waals surface area contributed by atoms with E-state index >= 15 is 0 Å². The first kappa shape index (κ1) is 25.8. The fourth-order valence-corrected chi connectivity index (χ4v) is 4.36. The zero-order valence-electron chi connectivity index (χ0n) is 19.5. The molecule has 2 aromatic heterocycles. The van der Waals surface area contributed by atoms with Gasteiger partial charge in [0.15, 0.2) is 5.75 Å². The lowest BCUT2D eigenvalue weighted by atomic mass is 10.1. The van der Waals surface area contributed by atoms with E-state index in [2.05, 4.69) is 20.6 Å². The summed E-state index contributed by atoms with van der Waals surface area (Å²) in [6, 6.07) is 9.58. The van der Waals surface area contributed by atoms with Gasteiger partial charge in [0, 0.05) is 54.3 Å². The van der Waals surface area contributed by atoms with Gasteiger partial charge in [-0.05, 0) is 30.3 Å². The van der Waals surface area contributed by atoms with Crippen molar-refractivity contribution in [2.24, 2.45) is 0 Å². The van der Waals surface area contributed by atoms with Gasteiger partial charge in [-0.3, -0.25) is 9.78 Å². The molecule has 1 aliphatic heterocycles. The molecule has 4 rings (SSSR count). The molecular formula is C24H25ClFN5O4S. The predicted octanol–water partition coefficient (Wildman–Crippen LogP) is 3.43. The summed E-state index contributed by atoms with van der Waals surface area (Å²) in [7, 11) is -3.05. The van der Waals surface area contributed by atoms with Gasteiger partial charge in [0.1, 0.15) is 28.1 Å². The quantitative estimate of drug-likeness (QED) is 0.402. The lowest BCUT2D eigenvalue weighted by Gasteiger charge is -2.31. The largest absolute Gasteiger partial charge is 0.488 e. The summed E-state index contributed by atoms with van der Waals surface area (Å²) in [6.07, 6.45) is 4.47. The van der Waals surface area contributed by atoms with Crippen LogP contribution in [0.1, 0.15) is 6.42 Å². The third-order valence-electron chi connectivity index (χ3n) is 5.42. The van der Waals surface area contributed by atoms with Gasteiger partial charge in [-0.1, -0.05) is 11.6 Å². The highest BCUT2D eigenvalue weighted by molar-refractivity contribution is 7.90. The number of carbonyl (C=O) groups excluding carboxylic acids is 1. The van der Waals surface area contributed by atoms with E-state index in [1.165, 1.54) is 24.5 Å². The third kappa shape index (κ3) is 6.68. The third-order valence-corrected chi connectivity index (χ3v) is 6.60. The van der Waals surface area contributed by atoms with Crippen molar-refractivity contribution in [1.82, 2.24) is 15.3 Å². The lowest BCUT2D eigenvalue weighted by molar-refractivity contribution is -0.116. The SMILES string of the molecule is CS(=O)(=O)CCNCCC(=O)Nc1cc(N2CCOc3cnc(-c4cc(Cl)ccc4F)cc32)ccn1. The molecule has 9 nitrogen and oxygen atoms in total. The average molecular weight is 534 g/mol. The van der Waals surface area contributed by atoms with Gasteiger partial charge in [0.05, 0.1) is 29.9 Å². The highest BCUT2D eigenvalue weighted by Gasteiger charge is 2.22. The van der Waals surface area contributed by atoms with Crippen molar-refractivity contribution in [1.29, 1.82) is 0 Å². The van der Waals surface area contributed by atoms with Crippen LogP contribution in [-0.4, -0.2) is 62.5 Å². The van der Waals surface area contributed by atoms with E-state index in [-0.39, 0.29) is 30.2 Å². The normalized spacial score (nSPS) is 13.1. The van der Waals surface area contributed by atoms with E-state index in [1.807, 2.05) is 4.90 Å². The number of hydrogen-bond acceptors (Lipinski definition) is 8. The van der Waals surface area contributed by atoms with Gasteiger partial charge in [0.2, 0.25) is 5.91 Å². The Balaban J connectivity index is 1.48. The van der Waals surface area contributed by atoms with Gasteiger partial charge in [-0.2, -0.15) is 0 Å². The molecule has 0 spiro atoms. The number of nitrogens with one attached hydrogen (secondary N) is 2. The lowest BCUT2D eigenvalue weighted by Crippen LogP contribution is -2.29. The molecule has 0 radical (unpaired) electrons. The van der Waals surface area contributed by atoms with Crippen LogP contribution < -0.4 is 20.3 Å². The van der Waals surface area contributed by atoms with Crippen LogP contribution in [0.2, 0.25) is 5.02 Å². The number of anilines is 3. The zero-order chi connectivity index (χ0) is 25.7. The minimum absolute atomic E-state index is 0.0143. The van der Waals surface area contributed by atoms with Crippen LogP contribution in [-0.2, 0) is 14.6 Å². The average Bonchev–Trinajstić information content (AvgIpc) is 2.84. The number of ether oxygens (including phenoxy) is 1. The van der Waals surface area contributed by atoms with Gasteiger partial charge in [-0.15, -0.1) is 0 Å². The van der Waals surface area contributed by atoms with Crippen LogP contribution in [0.3, 0.4) is 0 Å². The van der Waals surface area contributed by atoms with E-state index in [1.54, 1.807) is 30.6 Å². The second-order valence-corrected chi connectivity index (χ2v) is 10.9. The minimum Gasteiger partial charge on any atom is -0.488 e. The summed E-state index contributed by atoms with van der Waals surface area (Å²) < 4.78 is 42.5. The summed E-state index contributed by atoms with van der Waals surface area (Å²) in [5, 5.41) is 6.10. The Hall–Kier alpha value is -3.28. The number of hydrogen-bond donors (Lipinski definition) is 2. The van der Waals surface area contributed by atoms with Crippen molar-refractivity contribution >= 4 is 44.5 Å². The van der Waals surface area contributed by atoms with Crippen molar-refractivity contribution in [3.05, 3.63) is 59.6 Å². The number of fused-ring (bicyclic) bond motifs is 1. The van der Waals surface area contributed by atoms with E-state index in [4.69, 9.17) is 16.3 Å². The van der Waals surface area contributed by atoms with E-state index < -0.39 is 15.7 Å². The van der Waals surface area contributed by atoms with Crippen molar-refractivity contribution < 1.29 is 22.3 Å². The predicted molar refractivity (Wildman–Crippen MR) is 137 cm³/mol. The molecule has 2 N–H and O–H groups in total. The maximum Gasteiger partial charge on any atom is 0.226 e. The van der Waals surface area contributed by atoms with Crippen LogP contribution in [0.15, 0.2) is 48.8 Å². The first-order valence-corrected chi connectivity index (χ1v) is 13.6. The fraction of sp³-hybridized carbons (Fsp3) is 0.292. The maximum atomic E-state index is 14.4. The Labute approximate surface area is 213 Å². The molecule has 0 unspecified atom stereocenters. The molecule has 0 atom stereocenters. The van der Waals surface area contributed by atoms with Crippen LogP contribution in [0.4, 0.5) is 21.6 Å². The second-order valence-electron chi connectivity index (χ2n) is 8.24. The Bertz CT molecular complexity index is 1370. The molecular weight excluding hydrogens is 509 g/mol. The molecule has 0 saturated carbocycles. The number of rotatable bonds is 9. The van der Waals surface area contributed by atoms with E-state index in [0.29, 0.717) is 47.7 Å². The number of nitrogens with zero attached hydrogens (tertiary/aromatic N) is 3. The van der Waals surface area contributed by atoms with Gasteiger partial charge >= 0.3 is 0 Å². The van der Waals surface area contributed by atoms with Crippen LogP contribution >= 0.6 is 11.6 Å². The van der Waals surface area contributed by atoms with Crippen molar-refractivity contribution in [3.63, 3.8) is 0 Å². The molecule has 1 aliphatic rings. The number of aromatic nitrogens is 2. The number of amides is 1. The number of pyridine rings is 2. The molecule has 1 amide bonds. The Morgan fingerprint density at radius 3 is 2.83 bits per heavy atom. The zero-order valence-corrected chi connectivity index (χ0v) is 21.1. The Kier molecular flexibility index (Phi) is 8.02. The number of sulfone groups is 1. The molecule has 36 heavy (non-hydrogen) atoms. The summed E-state index contributed by atoms with van der Waals surface area (Å²) in [6.45, 7) is 1.57. The summed E-state index contributed by atoms with van der Waals surface area (Å²) in [5.74, 6) is 0.249. The van der Waals surface area contributed by atoms with E-state index in [0.717, 1.165) is 5.69 Å². The van der Waals surface area contributed by atoms with Crippen molar-refractivity contribution in [2.75, 3.05) is 48.5 Å². The van der Waals surface area contributed by atoms with Crippen LogP contribution in [0.25, 0.3) is 11.3 Å². The second kappa shape index (κ2) is 11.2. The van der Waals surface area contributed by atoms with Gasteiger partial charge < -0.3 is 20.3 Å². The minimum atomic E-state index is -3.05. The molecule has 3 heterocycles. The number of carbonyl (C=O) groups is 1. The van der Waals surface area contributed by atoms with E-state index in [9.17, 15) is 17.6 Å². The summed E-state index contributed by atoms with van der Waals surface area (Å²) >= 11 is 6.06. The highest BCUT2D eigenvalue weighted by Crippen LogP contribution is 2.39. The molecule has 0 bridgehead atoms. The molecule has 3 aromatic rings. The molecule has 1 aromatic carbocycles. The monoisotopic (exact) mass is 533 g/mol. The summed E-state index contributed by atoms with van der Waals surface area (Å²) in [5.41, 5.74) is 2.16. The number of halogens is 2. The van der Waals surface area contributed by atoms with Crippen LogP contribution in [0, 0.1) is 5.82 Å². The van der Waals surface area contributed by atoms with Crippen molar-refractivity contribution in [2.45, 2.75) is 6.42 Å². The Morgan fingerprint density at radius 2 is 2.03 bits per heavy atom. The number of benzene rings is 1. The first-order valence-electron chi connectivity index (χ1n) is 11.2. The van der Waals surface area contributed by atoms with Crippen molar-refractivity contribution in [3.8, 4) is 17.0 Å². The highest BCUT2D eigenvalue weighted by atomic mass is 35.5. The van der Waals surface area contributed by atoms with Gasteiger partial charge in [0.25, 0.3) is 0 Å². The maximum absolute atomic E-state index is 14.4. The fourth-order valence-electron chi connectivity index (χ4n) is 3.68. The molecule has 0 fully saturated rings. The summed E-state index contributed by atoms with van der Waals surface area (Å²) in [4.78, 5) is 22.9. The first-order chi connectivity index (χ1) is 17.2.